The van der Waals surface area contributed by atoms with Gasteiger partial charge in [0.2, 0.25) is 0 Å². The summed E-state index contributed by atoms with van der Waals surface area (Å²) in [6.07, 6.45) is 0.742. The zero-order valence-corrected chi connectivity index (χ0v) is 13.3. The van der Waals surface area contributed by atoms with Gasteiger partial charge >= 0.3 is 0 Å². The van der Waals surface area contributed by atoms with Crippen LogP contribution in [0.1, 0.15) is 27.9 Å². The molecule has 2 aromatic rings. The topological polar surface area (TPSA) is 80.0 Å². The Kier molecular flexibility index (Phi) is 5.11. The van der Waals surface area contributed by atoms with Gasteiger partial charge in [-0.05, 0) is 45.9 Å². The van der Waals surface area contributed by atoms with Crippen LogP contribution in [0.5, 0.6) is 0 Å². The summed E-state index contributed by atoms with van der Waals surface area (Å²) >= 11 is 5.04. The van der Waals surface area contributed by atoms with E-state index in [0.29, 0.717) is 17.9 Å². The van der Waals surface area contributed by atoms with Gasteiger partial charge in [0.05, 0.1) is 6.54 Å². The minimum Gasteiger partial charge on any atom is -0.347 e. The second kappa shape index (κ2) is 6.83. The number of pyridine rings is 1. The van der Waals surface area contributed by atoms with Crippen molar-refractivity contribution >= 4 is 39.0 Å². The lowest BCUT2D eigenvalue weighted by Crippen LogP contribution is -2.23. The molecule has 2 heterocycles. The highest BCUT2D eigenvalue weighted by Gasteiger charge is 2.10. The predicted molar refractivity (Wildman–Crippen MR) is 84.6 cm³/mol. The van der Waals surface area contributed by atoms with E-state index in [1.54, 1.807) is 23.5 Å². The third kappa shape index (κ3) is 3.56. The smallest absolute Gasteiger partial charge is 0.251 e. The van der Waals surface area contributed by atoms with E-state index in [0.717, 1.165) is 21.5 Å². The molecule has 0 radical (unpaired) electrons. The van der Waals surface area contributed by atoms with E-state index in [2.05, 4.69) is 31.7 Å². The number of aromatic nitrogens is 1. The number of nitrogens with one attached hydrogen (secondary N) is 2. The lowest BCUT2D eigenvalue weighted by molar-refractivity contribution is 0.0951. The van der Waals surface area contributed by atoms with Crippen molar-refractivity contribution in [2.24, 2.45) is 5.84 Å². The fourth-order valence-corrected chi connectivity index (χ4v) is 3.12. The minimum atomic E-state index is -0.140. The molecular weight excluding hydrogens is 340 g/mol. The number of hydrogen-bond donors (Lipinski definition) is 3. The Morgan fingerprint density at radius 2 is 2.30 bits per heavy atom. The maximum absolute atomic E-state index is 12.2. The number of carbonyl (C=O) groups is 1. The number of hydrazine groups is 1. The van der Waals surface area contributed by atoms with Crippen LogP contribution in [-0.4, -0.2) is 10.9 Å². The van der Waals surface area contributed by atoms with E-state index < -0.39 is 0 Å². The van der Waals surface area contributed by atoms with Crippen LogP contribution in [0.3, 0.4) is 0 Å². The SMILES string of the molecule is CCc1cc(C(=O)NCc2sccc2Br)cc(NN)n1. The maximum atomic E-state index is 12.2. The zero-order valence-electron chi connectivity index (χ0n) is 10.9. The molecule has 0 saturated carbocycles. The molecular formula is C13H15BrN4OS. The Labute approximate surface area is 129 Å². The van der Waals surface area contributed by atoms with Crippen molar-refractivity contribution in [2.45, 2.75) is 19.9 Å². The van der Waals surface area contributed by atoms with E-state index >= 15 is 0 Å². The van der Waals surface area contributed by atoms with Crippen molar-refractivity contribution in [3.63, 3.8) is 0 Å². The van der Waals surface area contributed by atoms with Gasteiger partial charge in [0.15, 0.2) is 0 Å². The van der Waals surface area contributed by atoms with Crippen LogP contribution in [0, 0.1) is 0 Å². The highest BCUT2D eigenvalue weighted by atomic mass is 79.9. The number of halogens is 1. The molecule has 0 fully saturated rings. The zero-order chi connectivity index (χ0) is 14.5. The molecule has 4 N–H and O–H groups in total. The number of nitrogens with two attached hydrogens (primary N) is 1. The summed E-state index contributed by atoms with van der Waals surface area (Å²) in [6, 6.07) is 5.38. The number of anilines is 1. The standard InChI is InChI=1S/C13H15BrN4OS/c1-2-9-5-8(6-12(17-9)18-15)13(19)16-7-11-10(14)3-4-20-11/h3-6H,2,7,15H2,1H3,(H,16,19)(H,17,18). The first-order valence-electron chi connectivity index (χ1n) is 6.11. The predicted octanol–water partition coefficient (Wildman–Crippen LogP) is 2.68. The third-order valence-corrected chi connectivity index (χ3v) is 4.68. The molecule has 0 saturated heterocycles. The third-order valence-electron chi connectivity index (χ3n) is 2.75. The average Bonchev–Trinajstić information content (AvgIpc) is 2.89. The number of nitrogens with zero attached hydrogens (tertiary/aromatic N) is 1. The van der Waals surface area contributed by atoms with Crippen molar-refractivity contribution in [3.05, 3.63) is 44.2 Å². The van der Waals surface area contributed by atoms with Crippen molar-refractivity contribution in [2.75, 3.05) is 5.43 Å². The monoisotopic (exact) mass is 354 g/mol. The van der Waals surface area contributed by atoms with Crippen LogP contribution in [0.2, 0.25) is 0 Å². The molecule has 0 aliphatic carbocycles. The summed E-state index contributed by atoms with van der Waals surface area (Å²) in [4.78, 5) is 17.5. The molecule has 20 heavy (non-hydrogen) atoms. The van der Waals surface area contributed by atoms with Crippen LogP contribution < -0.4 is 16.6 Å². The van der Waals surface area contributed by atoms with Crippen molar-refractivity contribution < 1.29 is 4.79 Å². The Balaban J connectivity index is 2.10. The highest BCUT2D eigenvalue weighted by molar-refractivity contribution is 9.10. The molecule has 0 unspecified atom stereocenters. The molecule has 2 aromatic heterocycles. The van der Waals surface area contributed by atoms with Crippen LogP contribution in [-0.2, 0) is 13.0 Å². The highest BCUT2D eigenvalue weighted by Crippen LogP contribution is 2.22. The number of thiophene rings is 1. The van der Waals surface area contributed by atoms with Gasteiger partial charge in [0, 0.05) is 20.6 Å². The summed E-state index contributed by atoms with van der Waals surface area (Å²) in [5.41, 5.74) is 3.85. The molecule has 0 aliphatic heterocycles. The molecule has 2 rings (SSSR count). The van der Waals surface area contributed by atoms with E-state index in [-0.39, 0.29) is 5.91 Å². The molecule has 0 aromatic carbocycles. The number of rotatable bonds is 5. The normalized spacial score (nSPS) is 10.3. The summed E-state index contributed by atoms with van der Waals surface area (Å²) in [6.45, 7) is 2.47. The van der Waals surface area contributed by atoms with Crippen molar-refractivity contribution in [1.82, 2.24) is 10.3 Å². The van der Waals surface area contributed by atoms with Gasteiger partial charge in [-0.3, -0.25) is 4.79 Å². The van der Waals surface area contributed by atoms with Gasteiger partial charge in [0.1, 0.15) is 5.82 Å². The molecule has 0 atom stereocenters. The van der Waals surface area contributed by atoms with Gasteiger partial charge in [-0.2, -0.15) is 0 Å². The summed E-state index contributed by atoms with van der Waals surface area (Å²) in [5.74, 6) is 5.72. The first-order chi connectivity index (χ1) is 9.63. The molecule has 7 heteroatoms. The summed E-state index contributed by atoms with van der Waals surface area (Å²) in [5, 5.41) is 4.87. The Morgan fingerprint density at radius 1 is 1.50 bits per heavy atom. The largest absolute Gasteiger partial charge is 0.347 e. The minimum absolute atomic E-state index is 0.140. The van der Waals surface area contributed by atoms with Gasteiger partial charge in [-0.25, -0.2) is 10.8 Å². The maximum Gasteiger partial charge on any atom is 0.251 e. The van der Waals surface area contributed by atoms with Crippen LogP contribution in [0.25, 0.3) is 0 Å². The first kappa shape index (κ1) is 15.0. The van der Waals surface area contributed by atoms with Gasteiger partial charge in [-0.15, -0.1) is 11.3 Å². The molecule has 0 bridgehead atoms. The van der Waals surface area contributed by atoms with E-state index in [9.17, 15) is 4.79 Å². The lowest BCUT2D eigenvalue weighted by atomic mass is 10.2. The summed E-state index contributed by atoms with van der Waals surface area (Å²) < 4.78 is 1.01. The van der Waals surface area contributed by atoms with E-state index in [1.165, 1.54) is 0 Å². The lowest BCUT2D eigenvalue weighted by Gasteiger charge is -2.08. The number of nitrogen functional groups attached to an aromatic ring is 1. The number of carbonyl (C=O) groups excluding carboxylic acids is 1. The van der Waals surface area contributed by atoms with Gasteiger partial charge in [0.25, 0.3) is 5.91 Å². The fourth-order valence-electron chi connectivity index (χ4n) is 1.69. The van der Waals surface area contributed by atoms with Crippen molar-refractivity contribution in [1.29, 1.82) is 0 Å². The first-order valence-corrected chi connectivity index (χ1v) is 7.79. The molecule has 0 spiro atoms. The summed E-state index contributed by atoms with van der Waals surface area (Å²) in [7, 11) is 0. The fraction of sp³-hybridized carbons (Fsp3) is 0.231. The Bertz CT molecular complexity index is 592. The van der Waals surface area contributed by atoms with Crippen molar-refractivity contribution in [3.8, 4) is 0 Å². The van der Waals surface area contributed by atoms with Gasteiger partial charge < -0.3 is 10.7 Å². The molecule has 5 nitrogen and oxygen atoms in total. The molecule has 106 valence electrons. The average molecular weight is 355 g/mol. The van der Waals surface area contributed by atoms with Gasteiger partial charge in [-0.1, -0.05) is 6.92 Å². The quantitative estimate of drug-likeness (QED) is 0.569. The Hall–Kier alpha value is -1.44. The van der Waals surface area contributed by atoms with E-state index in [4.69, 9.17) is 5.84 Å². The van der Waals surface area contributed by atoms with Crippen LogP contribution in [0.4, 0.5) is 5.82 Å². The Morgan fingerprint density at radius 3 is 2.90 bits per heavy atom. The van der Waals surface area contributed by atoms with Crippen LogP contribution >= 0.6 is 27.3 Å². The second-order valence-corrected chi connectivity index (χ2v) is 5.96. The van der Waals surface area contributed by atoms with E-state index in [1.807, 2.05) is 18.4 Å². The number of amides is 1. The molecule has 0 aliphatic rings. The second-order valence-electron chi connectivity index (χ2n) is 4.10. The number of aryl methyl sites for hydroxylation is 1. The molecule has 1 amide bonds. The van der Waals surface area contributed by atoms with Crippen LogP contribution in [0.15, 0.2) is 28.1 Å². The number of hydrogen-bond acceptors (Lipinski definition) is 5.